The Hall–Kier alpha value is -2.04. The molecule has 2 aromatic carbocycles. The number of aromatic nitrogens is 2. The molecule has 21 heavy (non-hydrogen) atoms. The lowest BCUT2D eigenvalue weighted by molar-refractivity contribution is 0.423. The van der Waals surface area contributed by atoms with Gasteiger partial charge in [-0.3, -0.25) is 0 Å². The van der Waals surface area contributed by atoms with Gasteiger partial charge in [-0.1, -0.05) is 40.5 Å². The molecule has 0 atom stereocenters. The van der Waals surface area contributed by atoms with Crippen molar-refractivity contribution in [3.05, 3.63) is 63.9 Å². The van der Waals surface area contributed by atoms with Gasteiger partial charge in [-0.2, -0.15) is 4.98 Å². The highest BCUT2D eigenvalue weighted by atomic mass is 35.5. The highest BCUT2D eigenvalue weighted by Crippen LogP contribution is 2.25. The van der Waals surface area contributed by atoms with Crippen LogP contribution in [-0.2, 0) is 6.42 Å². The quantitative estimate of drug-likeness (QED) is 0.779. The molecule has 106 valence electrons. The van der Waals surface area contributed by atoms with Crippen LogP contribution < -0.4 is 0 Å². The number of phenols is 1. The molecule has 0 radical (unpaired) electrons. The molecule has 0 fully saturated rings. The van der Waals surface area contributed by atoms with Crippen molar-refractivity contribution in [2.75, 3.05) is 0 Å². The summed E-state index contributed by atoms with van der Waals surface area (Å²) in [5.74, 6) is 1.05. The maximum atomic E-state index is 9.46. The second kappa shape index (κ2) is 5.76. The smallest absolute Gasteiger partial charge is 0.258 e. The van der Waals surface area contributed by atoms with Gasteiger partial charge in [0.05, 0.1) is 10.0 Å². The first kappa shape index (κ1) is 13.9. The first-order valence-electron chi connectivity index (χ1n) is 6.18. The highest BCUT2D eigenvalue weighted by Gasteiger charge is 2.10. The summed E-state index contributed by atoms with van der Waals surface area (Å²) in [6, 6.07) is 12.0. The van der Waals surface area contributed by atoms with Gasteiger partial charge in [0.2, 0.25) is 0 Å². The number of rotatable bonds is 3. The van der Waals surface area contributed by atoms with Crippen LogP contribution in [0.15, 0.2) is 47.0 Å². The fourth-order valence-electron chi connectivity index (χ4n) is 1.91. The predicted octanol–water partition coefficient (Wildman–Crippen LogP) is 4.34. The largest absolute Gasteiger partial charge is 0.508 e. The van der Waals surface area contributed by atoms with Crippen LogP contribution in [0.5, 0.6) is 5.75 Å². The molecule has 0 unspecified atom stereocenters. The Bertz CT molecular complexity index is 787. The van der Waals surface area contributed by atoms with Crippen LogP contribution in [-0.4, -0.2) is 15.2 Å². The van der Waals surface area contributed by atoms with E-state index in [9.17, 15) is 5.11 Å². The molecular weight excluding hydrogens is 311 g/mol. The molecular formula is C15H10Cl2N2O2. The summed E-state index contributed by atoms with van der Waals surface area (Å²) in [7, 11) is 0. The Kier molecular flexibility index (Phi) is 3.82. The Morgan fingerprint density at radius 3 is 2.67 bits per heavy atom. The van der Waals surface area contributed by atoms with Gasteiger partial charge in [0.25, 0.3) is 5.89 Å². The van der Waals surface area contributed by atoms with E-state index in [0.29, 0.717) is 33.7 Å². The van der Waals surface area contributed by atoms with Gasteiger partial charge < -0.3 is 9.63 Å². The van der Waals surface area contributed by atoms with Gasteiger partial charge in [0.15, 0.2) is 5.82 Å². The first-order valence-corrected chi connectivity index (χ1v) is 6.93. The summed E-state index contributed by atoms with van der Waals surface area (Å²) in [6.07, 6.45) is 0.485. The third-order valence-electron chi connectivity index (χ3n) is 2.91. The fourth-order valence-corrected chi connectivity index (χ4v) is 2.23. The van der Waals surface area contributed by atoms with Crippen LogP contribution in [0.2, 0.25) is 10.0 Å². The maximum Gasteiger partial charge on any atom is 0.258 e. The predicted molar refractivity (Wildman–Crippen MR) is 80.7 cm³/mol. The van der Waals surface area contributed by atoms with Crippen molar-refractivity contribution in [3.8, 4) is 17.2 Å². The van der Waals surface area contributed by atoms with E-state index >= 15 is 0 Å². The molecule has 0 bridgehead atoms. The second-order valence-corrected chi connectivity index (χ2v) is 5.31. The SMILES string of the molecule is Oc1cccc(-c2nc(Cc3ccc(Cl)c(Cl)c3)no2)c1. The van der Waals surface area contributed by atoms with Gasteiger partial charge in [-0.15, -0.1) is 0 Å². The van der Waals surface area contributed by atoms with Crippen molar-refractivity contribution in [1.29, 1.82) is 0 Å². The van der Waals surface area contributed by atoms with E-state index in [1.165, 1.54) is 0 Å². The molecule has 0 aliphatic heterocycles. The summed E-state index contributed by atoms with van der Waals surface area (Å²) in [4.78, 5) is 4.30. The molecule has 0 spiro atoms. The summed E-state index contributed by atoms with van der Waals surface area (Å²) in [6.45, 7) is 0. The minimum atomic E-state index is 0.150. The van der Waals surface area contributed by atoms with E-state index in [1.807, 2.05) is 6.07 Å². The van der Waals surface area contributed by atoms with Crippen LogP contribution in [0.1, 0.15) is 11.4 Å². The van der Waals surface area contributed by atoms with Gasteiger partial charge in [0.1, 0.15) is 5.75 Å². The van der Waals surface area contributed by atoms with E-state index < -0.39 is 0 Å². The van der Waals surface area contributed by atoms with Gasteiger partial charge >= 0.3 is 0 Å². The van der Waals surface area contributed by atoms with Crippen LogP contribution >= 0.6 is 23.2 Å². The summed E-state index contributed by atoms with van der Waals surface area (Å²) < 4.78 is 5.20. The van der Waals surface area contributed by atoms with E-state index in [0.717, 1.165) is 5.56 Å². The summed E-state index contributed by atoms with van der Waals surface area (Å²) >= 11 is 11.9. The third kappa shape index (κ3) is 3.17. The molecule has 4 nitrogen and oxygen atoms in total. The standard InChI is InChI=1S/C15H10Cl2N2O2/c16-12-5-4-9(6-13(12)17)7-14-18-15(21-19-14)10-2-1-3-11(20)8-10/h1-6,8,20H,7H2. The number of hydrogen-bond acceptors (Lipinski definition) is 4. The molecule has 0 aliphatic carbocycles. The highest BCUT2D eigenvalue weighted by molar-refractivity contribution is 6.42. The first-order chi connectivity index (χ1) is 10.1. The van der Waals surface area contributed by atoms with Crippen LogP contribution in [0.3, 0.4) is 0 Å². The Labute approximate surface area is 130 Å². The lowest BCUT2D eigenvalue weighted by Gasteiger charge is -1.99. The summed E-state index contributed by atoms with van der Waals surface area (Å²) in [5.41, 5.74) is 1.61. The van der Waals surface area contributed by atoms with Crippen LogP contribution in [0.25, 0.3) is 11.5 Å². The lowest BCUT2D eigenvalue weighted by Crippen LogP contribution is -1.91. The van der Waals surface area contributed by atoms with Crippen molar-refractivity contribution in [1.82, 2.24) is 10.1 Å². The molecule has 1 heterocycles. The molecule has 6 heteroatoms. The van der Waals surface area contributed by atoms with Crippen LogP contribution in [0, 0.1) is 0 Å². The molecule has 3 rings (SSSR count). The van der Waals surface area contributed by atoms with Gasteiger partial charge in [0, 0.05) is 12.0 Å². The number of aromatic hydroxyl groups is 1. The molecule has 0 aliphatic rings. The maximum absolute atomic E-state index is 9.46. The van der Waals surface area contributed by atoms with Crippen molar-refractivity contribution in [2.45, 2.75) is 6.42 Å². The molecule has 1 aromatic heterocycles. The fraction of sp³-hybridized carbons (Fsp3) is 0.0667. The second-order valence-electron chi connectivity index (χ2n) is 4.49. The number of hydrogen-bond donors (Lipinski definition) is 1. The zero-order valence-corrected chi connectivity index (χ0v) is 12.3. The lowest BCUT2D eigenvalue weighted by atomic mass is 10.1. The number of halogens is 2. The van der Waals surface area contributed by atoms with Crippen molar-refractivity contribution >= 4 is 23.2 Å². The third-order valence-corrected chi connectivity index (χ3v) is 3.65. The number of nitrogens with zero attached hydrogens (tertiary/aromatic N) is 2. The molecule has 3 aromatic rings. The number of benzene rings is 2. The van der Waals surface area contributed by atoms with E-state index in [4.69, 9.17) is 27.7 Å². The van der Waals surface area contributed by atoms with Gasteiger partial charge in [-0.25, -0.2) is 0 Å². The monoisotopic (exact) mass is 320 g/mol. The Morgan fingerprint density at radius 2 is 1.90 bits per heavy atom. The topological polar surface area (TPSA) is 59.2 Å². The number of phenolic OH excluding ortho intramolecular Hbond substituents is 1. The average Bonchev–Trinajstić information content (AvgIpc) is 2.91. The molecule has 0 saturated carbocycles. The van der Waals surface area contributed by atoms with Crippen molar-refractivity contribution in [3.63, 3.8) is 0 Å². The van der Waals surface area contributed by atoms with E-state index in [2.05, 4.69) is 10.1 Å². The molecule has 0 amide bonds. The van der Waals surface area contributed by atoms with E-state index in [1.54, 1.807) is 36.4 Å². The molecule has 0 saturated heterocycles. The minimum absolute atomic E-state index is 0.150. The zero-order chi connectivity index (χ0) is 14.8. The normalized spacial score (nSPS) is 10.8. The molecule has 1 N–H and O–H groups in total. The average molecular weight is 321 g/mol. The van der Waals surface area contributed by atoms with Crippen molar-refractivity contribution < 1.29 is 9.63 Å². The Balaban J connectivity index is 1.83. The van der Waals surface area contributed by atoms with Gasteiger partial charge in [-0.05, 0) is 35.9 Å². The zero-order valence-electron chi connectivity index (χ0n) is 10.8. The Morgan fingerprint density at radius 1 is 1.05 bits per heavy atom. The van der Waals surface area contributed by atoms with E-state index in [-0.39, 0.29) is 5.75 Å². The minimum Gasteiger partial charge on any atom is -0.508 e. The van der Waals surface area contributed by atoms with Crippen LogP contribution in [0.4, 0.5) is 0 Å². The van der Waals surface area contributed by atoms with Crippen molar-refractivity contribution in [2.24, 2.45) is 0 Å². The summed E-state index contributed by atoms with van der Waals surface area (Å²) in [5, 5.41) is 14.4.